The van der Waals surface area contributed by atoms with Crippen LogP contribution >= 0.6 is 15.9 Å². The van der Waals surface area contributed by atoms with Crippen molar-refractivity contribution in [3.63, 3.8) is 0 Å². The minimum Gasteiger partial charge on any atom is -0.207 e. The molecule has 1 aromatic rings. The molecule has 0 N–H and O–H groups in total. The molecule has 0 aliphatic heterocycles. The maximum atomic E-state index is 12.8. The zero-order chi connectivity index (χ0) is 9.68. The summed E-state index contributed by atoms with van der Waals surface area (Å²) >= 11 is 3.55. The van der Waals surface area contributed by atoms with Gasteiger partial charge in [-0.05, 0) is 24.1 Å². The topological polar surface area (TPSA) is 0 Å². The van der Waals surface area contributed by atoms with Gasteiger partial charge in [0.05, 0.1) is 0 Å². The molecule has 0 aromatic heterocycles. The molecule has 1 unspecified atom stereocenters. The monoisotopic (exact) mass is 244 g/mol. The van der Waals surface area contributed by atoms with Crippen LogP contribution in [-0.4, -0.2) is 0 Å². The average Bonchev–Trinajstić information content (AvgIpc) is 2.14. The molecule has 0 bridgehead atoms. The number of halogens is 2. The summed E-state index contributed by atoms with van der Waals surface area (Å²) in [4.78, 5) is 0.295. The Balaban J connectivity index is 2.60. The number of unbranched alkanes of at least 4 members (excludes halogenated alkanes) is 1. The minimum absolute atomic E-state index is 0.154. The van der Waals surface area contributed by atoms with E-state index in [4.69, 9.17) is 0 Å². The van der Waals surface area contributed by atoms with Crippen molar-refractivity contribution in [2.75, 3.05) is 0 Å². The van der Waals surface area contributed by atoms with Crippen molar-refractivity contribution < 1.29 is 4.39 Å². The first-order chi connectivity index (χ1) is 6.24. The van der Waals surface area contributed by atoms with Crippen LogP contribution in [0.2, 0.25) is 0 Å². The molecule has 0 aliphatic carbocycles. The molecule has 0 heterocycles. The van der Waals surface area contributed by atoms with E-state index in [9.17, 15) is 4.39 Å². The smallest absolute Gasteiger partial charge is 0.123 e. The molecule has 0 amide bonds. The van der Waals surface area contributed by atoms with Crippen molar-refractivity contribution in [3.05, 3.63) is 35.6 Å². The van der Waals surface area contributed by atoms with E-state index in [2.05, 4.69) is 22.9 Å². The second kappa shape index (κ2) is 5.38. The van der Waals surface area contributed by atoms with Crippen molar-refractivity contribution in [3.8, 4) is 0 Å². The van der Waals surface area contributed by atoms with Crippen LogP contribution in [0.4, 0.5) is 4.39 Å². The van der Waals surface area contributed by atoms with Crippen molar-refractivity contribution in [1.29, 1.82) is 0 Å². The van der Waals surface area contributed by atoms with Crippen LogP contribution in [0.15, 0.2) is 24.3 Å². The molecule has 72 valence electrons. The summed E-state index contributed by atoms with van der Waals surface area (Å²) in [5, 5.41) is 0. The molecule has 2 heteroatoms. The zero-order valence-corrected chi connectivity index (χ0v) is 9.35. The molecule has 0 radical (unpaired) electrons. The van der Waals surface area contributed by atoms with Gasteiger partial charge in [-0.15, -0.1) is 0 Å². The second-order valence-corrected chi connectivity index (χ2v) is 4.27. The van der Waals surface area contributed by atoms with Crippen molar-refractivity contribution in [1.82, 2.24) is 0 Å². The van der Waals surface area contributed by atoms with Crippen LogP contribution in [-0.2, 0) is 0 Å². The van der Waals surface area contributed by atoms with Crippen molar-refractivity contribution >= 4 is 15.9 Å². The third kappa shape index (κ3) is 3.47. The average molecular weight is 245 g/mol. The van der Waals surface area contributed by atoms with E-state index in [0.717, 1.165) is 12.0 Å². The summed E-state index contributed by atoms with van der Waals surface area (Å²) < 4.78 is 12.8. The van der Waals surface area contributed by atoms with Gasteiger partial charge in [-0.2, -0.15) is 0 Å². The summed E-state index contributed by atoms with van der Waals surface area (Å²) in [6.45, 7) is 2.16. The first kappa shape index (κ1) is 10.7. The maximum absolute atomic E-state index is 12.8. The van der Waals surface area contributed by atoms with Gasteiger partial charge in [0, 0.05) is 4.83 Å². The zero-order valence-electron chi connectivity index (χ0n) is 7.76. The van der Waals surface area contributed by atoms with Gasteiger partial charge in [0.15, 0.2) is 0 Å². The Morgan fingerprint density at radius 1 is 1.46 bits per heavy atom. The Kier molecular flexibility index (Phi) is 4.43. The summed E-state index contributed by atoms with van der Waals surface area (Å²) in [7, 11) is 0. The van der Waals surface area contributed by atoms with Gasteiger partial charge >= 0.3 is 0 Å². The van der Waals surface area contributed by atoms with E-state index in [1.165, 1.54) is 18.9 Å². The fourth-order valence-electron chi connectivity index (χ4n) is 1.25. The Bertz CT molecular complexity index is 260. The molecule has 0 nitrogen and oxygen atoms in total. The van der Waals surface area contributed by atoms with E-state index in [0.29, 0.717) is 4.83 Å². The Hall–Kier alpha value is -0.370. The third-order valence-electron chi connectivity index (χ3n) is 2.02. The third-order valence-corrected chi connectivity index (χ3v) is 3.01. The lowest BCUT2D eigenvalue weighted by atomic mass is 10.1. The summed E-state index contributed by atoms with van der Waals surface area (Å²) in [5.74, 6) is -0.154. The molecule has 0 saturated carbocycles. The molecule has 0 spiro atoms. The van der Waals surface area contributed by atoms with Gasteiger partial charge in [0.1, 0.15) is 5.82 Å². The molecule has 1 atom stereocenters. The number of alkyl halides is 1. The maximum Gasteiger partial charge on any atom is 0.123 e. The van der Waals surface area contributed by atoms with Gasteiger partial charge in [-0.1, -0.05) is 47.8 Å². The van der Waals surface area contributed by atoms with Gasteiger partial charge < -0.3 is 0 Å². The van der Waals surface area contributed by atoms with Crippen LogP contribution < -0.4 is 0 Å². The molecule has 13 heavy (non-hydrogen) atoms. The number of benzene rings is 1. The van der Waals surface area contributed by atoms with Crippen LogP contribution in [0, 0.1) is 5.82 Å². The second-order valence-electron chi connectivity index (χ2n) is 3.16. The van der Waals surface area contributed by atoms with E-state index in [1.54, 1.807) is 12.1 Å². The molecule has 0 saturated heterocycles. The molecular weight excluding hydrogens is 231 g/mol. The number of hydrogen-bond acceptors (Lipinski definition) is 0. The highest BCUT2D eigenvalue weighted by Gasteiger charge is 2.06. The predicted molar refractivity (Wildman–Crippen MR) is 57.6 cm³/mol. The molecule has 0 fully saturated rings. The van der Waals surface area contributed by atoms with E-state index >= 15 is 0 Å². The molecule has 1 rings (SSSR count). The van der Waals surface area contributed by atoms with E-state index in [1.807, 2.05) is 6.07 Å². The Morgan fingerprint density at radius 3 is 2.85 bits per heavy atom. The lowest BCUT2D eigenvalue weighted by Gasteiger charge is -2.08. The van der Waals surface area contributed by atoms with Gasteiger partial charge in [0.2, 0.25) is 0 Å². The van der Waals surface area contributed by atoms with Crippen molar-refractivity contribution in [2.24, 2.45) is 0 Å². The minimum atomic E-state index is -0.154. The highest BCUT2D eigenvalue weighted by molar-refractivity contribution is 9.09. The fourth-order valence-corrected chi connectivity index (χ4v) is 1.86. The van der Waals surface area contributed by atoms with Crippen molar-refractivity contribution in [2.45, 2.75) is 31.0 Å². The SMILES string of the molecule is CCCCC(Br)c1cccc(F)c1. The first-order valence-electron chi connectivity index (χ1n) is 4.63. The highest BCUT2D eigenvalue weighted by atomic mass is 79.9. The normalized spacial score (nSPS) is 12.8. The van der Waals surface area contributed by atoms with E-state index in [-0.39, 0.29) is 5.82 Å². The number of rotatable bonds is 4. The predicted octanol–water partition coefficient (Wildman–Crippen LogP) is 4.45. The van der Waals surface area contributed by atoms with Gasteiger partial charge in [-0.3, -0.25) is 0 Å². The summed E-state index contributed by atoms with van der Waals surface area (Å²) in [6.07, 6.45) is 3.42. The van der Waals surface area contributed by atoms with Crippen LogP contribution in [0.25, 0.3) is 0 Å². The van der Waals surface area contributed by atoms with Gasteiger partial charge in [0.25, 0.3) is 0 Å². The van der Waals surface area contributed by atoms with Crippen LogP contribution in [0.3, 0.4) is 0 Å². The Labute approximate surface area is 87.3 Å². The molecule has 0 aliphatic rings. The molecular formula is C11H14BrF. The van der Waals surface area contributed by atoms with Crippen LogP contribution in [0.5, 0.6) is 0 Å². The molecule has 1 aromatic carbocycles. The Morgan fingerprint density at radius 2 is 2.23 bits per heavy atom. The van der Waals surface area contributed by atoms with Crippen LogP contribution in [0.1, 0.15) is 36.6 Å². The highest BCUT2D eigenvalue weighted by Crippen LogP contribution is 2.28. The quantitative estimate of drug-likeness (QED) is 0.687. The standard InChI is InChI=1S/C11H14BrF/c1-2-3-7-11(12)9-5-4-6-10(13)8-9/h4-6,8,11H,2-3,7H2,1H3. The van der Waals surface area contributed by atoms with Gasteiger partial charge in [-0.25, -0.2) is 4.39 Å². The fraction of sp³-hybridized carbons (Fsp3) is 0.455. The lowest BCUT2D eigenvalue weighted by molar-refractivity contribution is 0.623. The largest absolute Gasteiger partial charge is 0.207 e. The first-order valence-corrected chi connectivity index (χ1v) is 5.55. The van der Waals surface area contributed by atoms with E-state index < -0.39 is 0 Å². The summed E-state index contributed by atoms with van der Waals surface area (Å²) in [5.41, 5.74) is 1.04. The summed E-state index contributed by atoms with van der Waals surface area (Å²) in [6, 6.07) is 6.78. The lowest BCUT2D eigenvalue weighted by Crippen LogP contribution is -1.90. The number of hydrogen-bond donors (Lipinski definition) is 0.